The number of rotatable bonds is 8. The molecule has 112 valence electrons. The number of hydrogen-bond donors (Lipinski definition) is 0. The fourth-order valence-electron chi connectivity index (χ4n) is 1.83. The maximum atomic E-state index is 11.8. The van der Waals surface area contributed by atoms with Gasteiger partial charge in [-0.25, -0.2) is 4.79 Å². The van der Waals surface area contributed by atoms with Gasteiger partial charge in [0.05, 0.1) is 33.1 Å². The van der Waals surface area contributed by atoms with Gasteiger partial charge in [-0.3, -0.25) is 9.69 Å². The molecule has 0 bridgehead atoms. The second kappa shape index (κ2) is 8.37. The molecule has 6 nitrogen and oxygen atoms in total. The third-order valence-corrected chi connectivity index (χ3v) is 2.73. The highest BCUT2D eigenvalue weighted by Gasteiger charge is 2.19. The maximum Gasteiger partial charge on any atom is 0.341 e. The molecule has 0 radical (unpaired) electrons. The van der Waals surface area contributed by atoms with E-state index in [2.05, 4.69) is 4.74 Å². The molecule has 1 aromatic rings. The van der Waals surface area contributed by atoms with Crippen molar-refractivity contribution in [1.29, 1.82) is 0 Å². The highest BCUT2D eigenvalue weighted by Crippen LogP contribution is 2.15. The van der Waals surface area contributed by atoms with Crippen LogP contribution in [0.1, 0.15) is 36.4 Å². The summed E-state index contributed by atoms with van der Waals surface area (Å²) in [7, 11) is 1.35. The fraction of sp³-hybridized carbons (Fsp3) is 0.571. The number of carbonyl (C=O) groups is 2. The molecule has 0 aliphatic rings. The van der Waals surface area contributed by atoms with E-state index in [1.165, 1.54) is 13.4 Å². The van der Waals surface area contributed by atoms with Crippen molar-refractivity contribution in [3.8, 4) is 0 Å². The van der Waals surface area contributed by atoms with E-state index in [4.69, 9.17) is 9.15 Å². The lowest BCUT2D eigenvalue weighted by Crippen LogP contribution is -2.31. The Bertz CT molecular complexity index is 441. The minimum atomic E-state index is -0.411. The van der Waals surface area contributed by atoms with Crippen LogP contribution in [0.25, 0.3) is 0 Å². The number of furan rings is 1. The molecular formula is C14H21NO5. The van der Waals surface area contributed by atoms with Gasteiger partial charge in [-0.15, -0.1) is 0 Å². The first-order valence-electron chi connectivity index (χ1n) is 6.65. The van der Waals surface area contributed by atoms with Crippen LogP contribution in [-0.4, -0.2) is 43.6 Å². The highest BCUT2D eigenvalue weighted by atomic mass is 16.5. The van der Waals surface area contributed by atoms with E-state index in [-0.39, 0.29) is 12.5 Å². The van der Waals surface area contributed by atoms with Crippen LogP contribution in [0.4, 0.5) is 0 Å². The van der Waals surface area contributed by atoms with Crippen molar-refractivity contribution < 1.29 is 23.5 Å². The van der Waals surface area contributed by atoms with Crippen molar-refractivity contribution in [2.24, 2.45) is 0 Å². The predicted octanol–water partition coefficient (Wildman–Crippen LogP) is 1.84. The summed E-state index contributed by atoms with van der Waals surface area (Å²) in [5, 5.41) is 0. The van der Waals surface area contributed by atoms with Crippen LogP contribution >= 0.6 is 0 Å². The van der Waals surface area contributed by atoms with Gasteiger partial charge in [0.2, 0.25) is 0 Å². The minimum Gasteiger partial charge on any atom is -0.468 e. The Hall–Kier alpha value is -1.82. The molecule has 0 unspecified atom stereocenters. The molecular weight excluding hydrogens is 262 g/mol. The van der Waals surface area contributed by atoms with Crippen LogP contribution in [0.15, 0.2) is 16.7 Å². The minimum absolute atomic E-state index is 0.160. The fourth-order valence-corrected chi connectivity index (χ4v) is 1.83. The van der Waals surface area contributed by atoms with Gasteiger partial charge in [-0.05, 0) is 26.0 Å². The van der Waals surface area contributed by atoms with E-state index in [0.717, 1.165) is 6.42 Å². The summed E-state index contributed by atoms with van der Waals surface area (Å²) >= 11 is 0. The topological polar surface area (TPSA) is 69.0 Å². The van der Waals surface area contributed by atoms with E-state index in [0.29, 0.717) is 31.0 Å². The van der Waals surface area contributed by atoms with Gasteiger partial charge in [0.25, 0.3) is 0 Å². The van der Waals surface area contributed by atoms with Crippen molar-refractivity contribution in [1.82, 2.24) is 4.90 Å². The Balaban J connectivity index is 2.75. The summed E-state index contributed by atoms with van der Waals surface area (Å²) in [6.45, 7) is 5.30. The van der Waals surface area contributed by atoms with Crippen molar-refractivity contribution in [2.75, 3.05) is 26.8 Å². The number of hydrogen-bond acceptors (Lipinski definition) is 6. The van der Waals surface area contributed by atoms with Crippen molar-refractivity contribution in [2.45, 2.75) is 26.8 Å². The Morgan fingerprint density at radius 3 is 2.70 bits per heavy atom. The Morgan fingerprint density at radius 2 is 2.10 bits per heavy atom. The quantitative estimate of drug-likeness (QED) is 0.678. The Morgan fingerprint density at radius 1 is 1.35 bits per heavy atom. The summed E-state index contributed by atoms with van der Waals surface area (Å²) < 4.78 is 15.0. The van der Waals surface area contributed by atoms with Gasteiger partial charge in [0, 0.05) is 0 Å². The summed E-state index contributed by atoms with van der Waals surface area (Å²) in [4.78, 5) is 25.0. The van der Waals surface area contributed by atoms with Crippen LogP contribution in [-0.2, 0) is 20.8 Å². The molecule has 1 rings (SSSR count). The second-order valence-electron chi connectivity index (χ2n) is 4.26. The number of ether oxygens (including phenoxy) is 2. The number of esters is 2. The highest BCUT2D eigenvalue weighted by molar-refractivity contribution is 5.90. The van der Waals surface area contributed by atoms with Gasteiger partial charge >= 0.3 is 11.9 Å². The van der Waals surface area contributed by atoms with Crippen LogP contribution in [0, 0.1) is 0 Å². The van der Waals surface area contributed by atoms with Gasteiger partial charge < -0.3 is 13.9 Å². The molecule has 0 atom stereocenters. The van der Waals surface area contributed by atoms with Gasteiger partial charge in [0.1, 0.15) is 11.3 Å². The second-order valence-corrected chi connectivity index (χ2v) is 4.26. The molecule has 0 fully saturated rings. The SMILES string of the molecule is CCCN(CC(=O)OC)Cc1occc1C(=O)OCC. The first-order chi connectivity index (χ1) is 9.62. The molecule has 0 aliphatic carbocycles. The van der Waals surface area contributed by atoms with Gasteiger partial charge in [0.15, 0.2) is 0 Å². The number of methoxy groups -OCH3 is 1. The Labute approximate surface area is 118 Å². The van der Waals surface area contributed by atoms with E-state index >= 15 is 0 Å². The largest absolute Gasteiger partial charge is 0.468 e. The molecule has 6 heteroatoms. The van der Waals surface area contributed by atoms with Crippen LogP contribution < -0.4 is 0 Å². The summed E-state index contributed by atoms with van der Waals surface area (Å²) in [6, 6.07) is 1.58. The third-order valence-electron chi connectivity index (χ3n) is 2.73. The lowest BCUT2D eigenvalue weighted by Gasteiger charge is -2.19. The van der Waals surface area contributed by atoms with E-state index in [1.54, 1.807) is 13.0 Å². The molecule has 0 spiro atoms. The standard InChI is InChI=1S/C14H21NO5/c1-4-7-15(10-13(16)18-3)9-12-11(6-8-20-12)14(17)19-5-2/h6,8H,4-5,7,9-10H2,1-3H3. The average Bonchev–Trinajstić information content (AvgIpc) is 2.87. The maximum absolute atomic E-state index is 11.8. The molecule has 0 amide bonds. The molecule has 1 heterocycles. The molecule has 20 heavy (non-hydrogen) atoms. The first kappa shape index (κ1) is 16.2. The van der Waals surface area contributed by atoms with Crippen LogP contribution in [0.2, 0.25) is 0 Å². The lowest BCUT2D eigenvalue weighted by molar-refractivity contribution is -0.142. The van der Waals surface area contributed by atoms with Crippen LogP contribution in [0.5, 0.6) is 0 Å². The van der Waals surface area contributed by atoms with Crippen LogP contribution in [0.3, 0.4) is 0 Å². The smallest absolute Gasteiger partial charge is 0.341 e. The molecule has 0 N–H and O–H groups in total. The molecule has 0 saturated carbocycles. The zero-order valence-corrected chi connectivity index (χ0v) is 12.2. The summed E-state index contributed by atoms with van der Waals surface area (Å²) in [6.07, 6.45) is 2.33. The summed E-state index contributed by atoms with van der Waals surface area (Å²) in [5.74, 6) is -0.228. The zero-order valence-electron chi connectivity index (χ0n) is 12.2. The van der Waals surface area contributed by atoms with Crippen molar-refractivity contribution >= 4 is 11.9 Å². The van der Waals surface area contributed by atoms with Gasteiger partial charge in [-0.1, -0.05) is 6.92 Å². The van der Waals surface area contributed by atoms with E-state index in [1.807, 2.05) is 11.8 Å². The van der Waals surface area contributed by atoms with E-state index < -0.39 is 5.97 Å². The molecule has 0 aromatic carbocycles. The predicted molar refractivity (Wildman–Crippen MR) is 72.2 cm³/mol. The van der Waals surface area contributed by atoms with Crippen molar-refractivity contribution in [3.05, 3.63) is 23.7 Å². The molecule has 1 aromatic heterocycles. The Kier molecular flexibility index (Phi) is 6.79. The average molecular weight is 283 g/mol. The number of carbonyl (C=O) groups excluding carboxylic acids is 2. The first-order valence-corrected chi connectivity index (χ1v) is 6.65. The van der Waals surface area contributed by atoms with E-state index in [9.17, 15) is 9.59 Å². The normalized spacial score (nSPS) is 10.6. The molecule has 0 saturated heterocycles. The monoisotopic (exact) mass is 283 g/mol. The summed E-state index contributed by atoms with van der Waals surface area (Å²) in [5.41, 5.74) is 0.401. The van der Waals surface area contributed by atoms with Gasteiger partial charge in [-0.2, -0.15) is 0 Å². The zero-order chi connectivity index (χ0) is 15.0. The number of nitrogens with zero attached hydrogens (tertiary/aromatic N) is 1. The third kappa shape index (κ3) is 4.70. The van der Waals surface area contributed by atoms with Crippen molar-refractivity contribution in [3.63, 3.8) is 0 Å². The lowest BCUT2D eigenvalue weighted by atomic mass is 10.2. The molecule has 0 aliphatic heterocycles.